The fraction of sp³-hybridized carbons (Fsp3) is 0.889. The lowest BCUT2D eigenvalue weighted by Crippen LogP contribution is -2.49. The average molecular weight is 171 g/mol. The fourth-order valence-electron chi connectivity index (χ4n) is 1.46. The van der Waals surface area contributed by atoms with Crippen molar-refractivity contribution in [2.24, 2.45) is 5.92 Å². The maximum atomic E-state index is 11.1. The molecule has 0 aromatic carbocycles. The highest BCUT2D eigenvalue weighted by atomic mass is 16.5. The summed E-state index contributed by atoms with van der Waals surface area (Å²) in [5, 5.41) is 0. The molecule has 0 aliphatic carbocycles. The molecule has 1 aliphatic rings. The van der Waals surface area contributed by atoms with Gasteiger partial charge in [-0.1, -0.05) is 6.92 Å². The first kappa shape index (κ1) is 9.52. The lowest BCUT2D eigenvalue weighted by atomic mass is 9.96. The van der Waals surface area contributed by atoms with Crippen LogP contribution in [0.15, 0.2) is 0 Å². The van der Waals surface area contributed by atoms with Crippen molar-refractivity contribution < 1.29 is 9.53 Å². The molecule has 3 nitrogen and oxygen atoms in total. The molecule has 1 fully saturated rings. The molecule has 0 N–H and O–H groups in total. The number of amides is 1. The molecule has 1 rings (SSSR count). The first-order chi connectivity index (χ1) is 5.77. The van der Waals surface area contributed by atoms with Gasteiger partial charge in [0.1, 0.15) is 0 Å². The monoisotopic (exact) mass is 171 g/mol. The van der Waals surface area contributed by atoms with Crippen LogP contribution in [0.25, 0.3) is 0 Å². The Labute approximate surface area is 73.7 Å². The number of carbonyl (C=O) groups is 1. The number of rotatable bonds is 4. The molecule has 0 aromatic heterocycles. The Morgan fingerprint density at radius 1 is 1.58 bits per heavy atom. The zero-order valence-corrected chi connectivity index (χ0v) is 7.88. The van der Waals surface area contributed by atoms with Crippen molar-refractivity contribution in [3.63, 3.8) is 0 Å². The first-order valence-electron chi connectivity index (χ1n) is 4.54. The molecule has 1 aliphatic heterocycles. The normalized spacial score (nSPS) is 17.7. The lowest BCUT2D eigenvalue weighted by Gasteiger charge is -2.39. The first-order valence-corrected chi connectivity index (χ1v) is 4.54. The van der Waals surface area contributed by atoms with E-state index in [4.69, 9.17) is 4.74 Å². The zero-order chi connectivity index (χ0) is 8.97. The van der Waals surface area contributed by atoms with Crippen molar-refractivity contribution in [2.45, 2.75) is 19.8 Å². The van der Waals surface area contributed by atoms with Crippen LogP contribution in [0.4, 0.5) is 0 Å². The predicted molar refractivity (Wildman–Crippen MR) is 46.9 cm³/mol. The summed E-state index contributed by atoms with van der Waals surface area (Å²) >= 11 is 0. The lowest BCUT2D eigenvalue weighted by molar-refractivity contribution is -0.137. The Morgan fingerprint density at radius 2 is 2.25 bits per heavy atom. The van der Waals surface area contributed by atoms with E-state index in [2.05, 4.69) is 0 Å². The Morgan fingerprint density at radius 3 is 2.75 bits per heavy atom. The van der Waals surface area contributed by atoms with E-state index in [1.165, 1.54) is 0 Å². The highest BCUT2D eigenvalue weighted by Gasteiger charge is 2.28. The van der Waals surface area contributed by atoms with Crippen LogP contribution in [0, 0.1) is 5.92 Å². The Balaban J connectivity index is 2.07. The summed E-state index contributed by atoms with van der Waals surface area (Å²) in [5.41, 5.74) is 0. The smallest absolute Gasteiger partial charge is 0.222 e. The average Bonchev–Trinajstić information content (AvgIpc) is 2.01. The molecule has 1 heterocycles. The Bertz CT molecular complexity index is 153. The predicted octanol–water partition coefficient (Wildman–Crippen LogP) is 0.891. The molecule has 3 heteroatoms. The van der Waals surface area contributed by atoms with Crippen molar-refractivity contribution in [3.8, 4) is 0 Å². The van der Waals surface area contributed by atoms with E-state index in [0.717, 1.165) is 26.1 Å². The van der Waals surface area contributed by atoms with Gasteiger partial charge < -0.3 is 9.64 Å². The number of likely N-dealkylation sites (tertiary alicyclic amines) is 1. The van der Waals surface area contributed by atoms with E-state index >= 15 is 0 Å². The maximum Gasteiger partial charge on any atom is 0.222 e. The van der Waals surface area contributed by atoms with E-state index in [1.807, 2.05) is 11.8 Å². The number of ether oxygens (including phenoxy) is 1. The number of carbonyl (C=O) groups excluding carboxylic acids is 1. The van der Waals surface area contributed by atoms with Gasteiger partial charge in [0.25, 0.3) is 0 Å². The van der Waals surface area contributed by atoms with Gasteiger partial charge in [-0.2, -0.15) is 0 Å². The highest BCUT2D eigenvalue weighted by Crippen LogP contribution is 2.19. The second-order valence-corrected chi connectivity index (χ2v) is 3.30. The van der Waals surface area contributed by atoms with Gasteiger partial charge in [0.15, 0.2) is 0 Å². The Hall–Kier alpha value is -0.570. The van der Waals surface area contributed by atoms with E-state index < -0.39 is 0 Å². The Kier molecular flexibility index (Phi) is 3.53. The minimum Gasteiger partial charge on any atom is -0.385 e. The minimum absolute atomic E-state index is 0.281. The molecule has 1 amide bonds. The quantitative estimate of drug-likeness (QED) is 0.628. The molecule has 0 bridgehead atoms. The summed E-state index contributed by atoms with van der Waals surface area (Å²) in [6.07, 6.45) is 1.72. The molecule has 12 heavy (non-hydrogen) atoms. The van der Waals surface area contributed by atoms with Crippen LogP contribution in [0.2, 0.25) is 0 Å². The number of hydrogen-bond donors (Lipinski definition) is 0. The summed E-state index contributed by atoms with van der Waals surface area (Å²) in [6, 6.07) is 0. The fourth-order valence-corrected chi connectivity index (χ4v) is 1.46. The van der Waals surface area contributed by atoms with Gasteiger partial charge in [0.05, 0.1) is 0 Å². The molecule has 0 saturated carbocycles. The van der Waals surface area contributed by atoms with Gasteiger partial charge in [-0.3, -0.25) is 4.79 Å². The van der Waals surface area contributed by atoms with Gasteiger partial charge in [-0.25, -0.2) is 0 Å². The maximum absolute atomic E-state index is 11.1. The van der Waals surface area contributed by atoms with Gasteiger partial charge in [-0.05, 0) is 12.3 Å². The third-order valence-corrected chi connectivity index (χ3v) is 2.34. The van der Waals surface area contributed by atoms with Crippen LogP contribution >= 0.6 is 0 Å². The molecular formula is C9H17NO2. The van der Waals surface area contributed by atoms with Crippen molar-refractivity contribution in [1.82, 2.24) is 4.90 Å². The molecule has 0 unspecified atom stereocenters. The van der Waals surface area contributed by atoms with Crippen LogP contribution in [0.3, 0.4) is 0 Å². The van der Waals surface area contributed by atoms with Crippen LogP contribution in [0.5, 0.6) is 0 Å². The van der Waals surface area contributed by atoms with Crippen molar-refractivity contribution >= 4 is 5.91 Å². The van der Waals surface area contributed by atoms with Crippen LogP contribution in [0.1, 0.15) is 19.8 Å². The molecule has 0 atom stereocenters. The van der Waals surface area contributed by atoms with Gasteiger partial charge in [0, 0.05) is 33.2 Å². The van der Waals surface area contributed by atoms with Crippen molar-refractivity contribution in [3.05, 3.63) is 0 Å². The molecule has 0 aromatic rings. The summed E-state index contributed by atoms with van der Waals surface area (Å²) in [5.74, 6) is 0.962. The second kappa shape index (κ2) is 4.45. The molecule has 0 spiro atoms. The van der Waals surface area contributed by atoms with Gasteiger partial charge >= 0.3 is 0 Å². The minimum atomic E-state index is 0.281. The van der Waals surface area contributed by atoms with E-state index in [1.54, 1.807) is 7.11 Å². The van der Waals surface area contributed by atoms with Gasteiger partial charge in [-0.15, -0.1) is 0 Å². The summed E-state index contributed by atoms with van der Waals surface area (Å²) in [6.45, 7) is 4.61. The molecular weight excluding hydrogens is 154 g/mol. The second-order valence-electron chi connectivity index (χ2n) is 3.30. The van der Waals surface area contributed by atoms with Gasteiger partial charge in [0.2, 0.25) is 5.91 Å². The van der Waals surface area contributed by atoms with Crippen molar-refractivity contribution in [1.29, 1.82) is 0 Å². The van der Waals surface area contributed by atoms with E-state index in [-0.39, 0.29) is 5.91 Å². The molecule has 0 radical (unpaired) electrons. The zero-order valence-electron chi connectivity index (χ0n) is 7.88. The largest absolute Gasteiger partial charge is 0.385 e. The standard InChI is InChI=1S/C9H17NO2/c1-3-9(11)10-6-8(7-10)4-5-12-2/h8H,3-7H2,1-2H3. The molecule has 70 valence electrons. The third kappa shape index (κ3) is 2.21. The number of hydrogen-bond acceptors (Lipinski definition) is 2. The van der Waals surface area contributed by atoms with Crippen LogP contribution in [-0.4, -0.2) is 37.6 Å². The molecule has 1 saturated heterocycles. The topological polar surface area (TPSA) is 29.5 Å². The van der Waals surface area contributed by atoms with E-state index in [0.29, 0.717) is 12.3 Å². The number of nitrogens with zero attached hydrogens (tertiary/aromatic N) is 1. The van der Waals surface area contributed by atoms with Crippen LogP contribution in [-0.2, 0) is 9.53 Å². The van der Waals surface area contributed by atoms with Crippen molar-refractivity contribution in [2.75, 3.05) is 26.8 Å². The summed E-state index contributed by atoms with van der Waals surface area (Å²) < 4.78 is 4.97. The highest BCUT2D eigenvalue weighted by molar-refractivity contribution is 5.76. The van der Waals surface area contributed by atoms with E-state index in [9.17, 15) is 4.79 Å². The SMILES string of the molecule is CCC(=O)N1CC(CCOC)C1. The van der Waals surface area contributed by atoms with Crippen LogP contribution < -0.4 is 0 Å². The summed E-state index contributed by atoms with van der Waals surface area (Å²) in [4.78, 5) is 13.0. The number of methoxy groups -OCH3 is 1. The summed E-state index contributed by atoms with van der Waals surface area (Å²) in [7, 11) is 1.72. The third-order valence-electron chi connectivity index (χ3n) is 2.34.